The first-order valence-corrected chi connectivity index (χ1v) is 14.0. The van der Waals surface area contributed by atoms with Gasteiger partial charge in [0.1, 0.15) is 23.0 Å². The molecule has 0 radical (unpaired) electrons. The minimum absolute atomic E-state index is 0.679. The minimum atomic E-state index is -0.715. The van der Waals surface area contributed by atoms with E-state index in [1.54, 1.807) is 0 Å². The average Bonchev–Trinajstić information content (AvgIpc) is 3.29. The fourth-order valence-electron chi connectivity index (χ4n) is 6.09. The summed E-state index contributed by atoms with van der Waals surface area (Å²) < 4.78 is 12.6. The zero-order valence-corrected chi connectivity index (χ0v) is 23.3. The van der Waals surface area contributed by atoms with Crippen LogP contribution in [0.2, 0.25) is 0 Å². The Balaban J connectivity index is 1.45. The fourth-order valence-corrected chi connectivity index (χ4v) is 6.09. The third-order valence-corrected chi connectivity index (χ3v) is 7.95. The Morgan fingerprint density at radius 1 is 0.372 bits per heavy atom. The second kappa shape index (κ2) is 10.2. The quantitative estimate of drug-likeness (QED) is 0.153. The van der Waals surface area contributed by atoms with Gasteiger partial charge in [-0.3, -0.25) is 0 Å². The average molecular weight is 563 g/mol. The highest BCUT2D eigenvalue weighted by Crippen LogP contribution is 2.57. The molecule has 6 heteroatoms. The predicted molar refractivity (Wildman–Crippen MR) is 174 cm³/mol. The molecule has 6 nitrogen and oxygen atoms in total. The van der Waals surface area contributed by atoms with Crippen LogP contribution in [0.25, 0.3) is 11.1 Å². The van der Waals surface area contributed by atoms with E-state index in [4.69, 9.17) is 32.4 Å². The standard InChI is InChI=1S/C37H30N4O2/c38-25-7-13-29(14-8-25)42-31-5-1-3-23(19-31)37(24-4-2-6-32(20-24)43-30-15-9-26(39)10-16-30)35-17-11-27(40)21-33(35)34-22-28(41)12-18-36(34)37/h1-22H,38-41H2. The summed E-state index contributed by atoms with van der Waals surface area (Å²) in [5.74, 6) is 2.81. The van der Waals surface area contributed by atoms with Crippen LogP contribution in [-0.4, -0.2) is 0 Å². The smallest absolute Gasteiger partial charge is 0.127 e. The molecule has 7 rings (SSSR count). The second-order valence-corrected chi connectivity index (χ2v) is 10.8. The molecular weight excluding hydrogens is 532 g/mol. The number of anilines is 4. The molecule has 0 spiro atoms. The number of nitrogens with two attached hydrogens (primary N) is 4. The lowest BCUT2D eigenvalue weighted by Crippen LogP contribution is -2.28. The van der Waals surface area contributed by atoms with E-state index in [2.05, 4.69) is 36.4 Å². The Morgan fingerprint density at radius 3 is 1.19 bits per heavy atom. The number of hydrogen-bond acceptors (Lipinski definition) is 6. The van der Waals surface area contributed by atoms with E-state index in [0.717, 1.165) is 33.4 Å². The number of hydrogen-bond donors (Lipinski definition) is 4. The van der Waals surface area contributed by atoms with E-state index in [1.165, 1.54) is 0 Å². The Bertz CT molecular complexity index is 1820. The largest absolute Gasteiger partial charge is 0.457 e. The van der Waals surface area contributed by atoms with Crippen LogP contribution in [0.15, 0.2) is 133 Å². The van der Waals surface area contributed by atoms with Gasteiger partial charge in [0, 0.05) is 22.7 Å². The molecule has 210 valence electrons. The highest BCUT2D eigenvalue weighted by atomic mass is 16.5. The molecule has 0 amide bonds. The van der Waals surface area contributed by atoms with Crippen LogP contribution in [0.5, 0.6) is 23.0 Å². The summed E-state index contributed by atoms with van der Waals surface area (Å²) in [6, 6.07) is 43.3. The third kappa shape index (κ3) is 4.55. The van der Waals surface area contributed by atoms with Gasteiger partial charge in [-0.1, -0.05) is 36.4 Å². The van der Waals surface area contributed by atoms with E-state index in [1.807, 2.05) is 97.1 Å². The maximum absolute atomic E-state index is 6.34. The molecule has 0 heterocycles. The molecule has 1 aliphatic rings. The zero-order chi connectivity index (χ0) is 29.6. The van der Waals surface area contributed by atoms with Crippen molar-refractivity contribution in [3.8, 4) is 34.1 Å². The maximum atomic E-state index is 6.34. The molecule has 1 aliphatic carbocycles. The molecule has 0 saturated carbocycles. The van der Waals surface area contributed by atoms with Crippen LogP contribution in [0.4, 0.5) is 22.7 Å². The molecule has 0 aliphatic heterocycles. The topological polar surface area (TPSA) is 123 Å². The van der Waals surface area contributed by atoms with Gasteiger partial charge in [0.2, 0.25) is 0 Å². The lowest BCUT2D eigenvalue weighted by molar-refractivity contribution is 0.480. The van der Waals surface area contributed by atoms with E-state index >= 15 is 0 Å². The van der Waals surface area contributed by atoms with Gasteiger partial charge >= 0.3 is 0 Å². The van der Waals surface area contributed by atoms with Crippen LogP contribution < -0.4 is 32.4 Å². The highest BCUT2D eigenvalue weighted by molar-refractivity contribution is 5.89. The van der Waals surface area contributed by atoms with Crippen molar-refractivity contribution in [2.75, 3.05) is 22.9 Å². The number of benzene rings is 6. The Hall–Kier alpha value is -5.88. The van der Waals surface area contributed by atoms with Crippen molar-refractivity contribution in [2.45, 2.75) is 5.41 Å². The van der Waals surface area contributed by atoms with Gasteiger partial charge in [-0.2, -0.15) is 0 Å². The summed E-state index contributed by atoms with van der Waals surface area (Å²) in [5, 5.41) is 0. The van der Waals surface area contributed by atoms with Gasteiger partial charge in [0.25, 0.3) is 0 Å². The van der Waals surface area contributed by atoms with Crippen LogP contribution in [0.1, 0.15) is 22.3 Å². The van der Waals surface area contributed by atoms with Gasteiger partial charge in [-0.15, -0.1) is 0 Å². The first-order valence-electron chi connectivity index (χ1n) is 14.0. The second-order valence-electron chi connectivity index (χ2n) is 10.8. The molecular formula is C37H30N4O2. The SMILES string of the molecule is Nc1ccc(Oc2cccc(C3(c4cccc(Oc5ccc(N)cc5)c4)c4ccc(N)cc4-c4cc(N)ccc43)c2)cc1. The first kappa shape index (κ1) is 26.0. The number of rotatable bonds is 6. The Kier molecular flexibility index (Phi) is 6.17. The zero-order valence-electron chi connectivity index (χ0n) is 23.3. The molecule has 0 bridgehead atoms. The lowest BCUT2D eigenvalue weighted by Gasteiger charge is -2.34. The maximum Gasteiger partial charge on any atom is 0.127 e. The van der Waals surface area contributed by atoms with Crippen molar-refractivity contribution in [1.82, 2.24) is 0 Å². The van der Waals surface area contributed by atoms with Gasteiger partial charge < -0.3 is 32.4 Å². The van der Waals surface area contributed by atoms with Crippen molar-refractivity contribution in [3.05, 3.63) is 156 Å². The molecule has 0 aromatic heterocycles. The van der Waals surface area contributed by atoms with Crippen LogP contribution in [0.3, 0.4) is 0 Å². The Morgan fingerprint density at radius 2 is 0.767 bits per heavy atom. The van der Waals surface area contributed by atoms with Crippen molar-refractivity contribution >= 4 is 22.7 Å². The summed E-state index contributed by atoms with van der Waals surface area (Å²) in [7, 11) is 0. The van der Waals surface area contributed by atoms with Crippen LogP contribution >= 0.6 is 0 Å². The van der Waals surface area contributed by atoms with Gasteiger partial charge in [-0.25, -0.2) is 0 Å². The van der Waals surface area contributed by atoms with E-state index in [-0.39, 0.29) is 0 Å². The van der Waals surface area contributed by atoms with Crippen LogP contribution in [-0.2, 0) is 5.41 Å². The summed E-state index contributed by atoms with van der Waals surface area (Å²) >= 11 is 0. The Labute approximate surface area is 250 Å². The molecule has 43 heavy (non-hydrogen) atoms. The molecule has 6 aromatic carbocycles. The van der Waals surface area contributed by atoms with Crippen LogP contribution in [0, 0.1) is 0 Å². The fraction of sp³-hybridized carbons (Fsp3) is 0.0270. The number of ether oxygens (including phenoxy) is 2. The summed E-state index contributed by atoms with van der Waals surface area (Å²) in [4.78, 5) is 0. The monoisotopic (exact) mass is 562 g/mol. The molecule has 8 N–H and O–H groups in total. The molecule has 6 aromatic rings. The number of fused-ring (bicyclic) bond motifs is 3. The van der Waals surface area contributed by atoms with Crippen molar-refractivity contribution in [3.63, 3.8) is 0 Å². The summed E-state index contributed by atoms with van der Waals surface area (Å²) in [5.41, 5.74) is 32.8. The van der Waals surface area contributed by atoms with Crippen molar-refractivity contribution in [1.29, 1.82) is 0 Å². The van der Waals surface area contributed by atoms with E-state index in [9.17, 15) is 0 Å². The predicted octanol–water partition coefficient (Wildman–Crippen LogP) is 7.96. The van der Waals surface area contributed by atoms with Gasteiger partial charge in [-0.05, 0) is 130 Å². The molecule has 0 atom stereocenters. The summed E-state index contributed by atoms with van der Waals surface area (Å²) in [6.07, 6.45) is 0. The van der Waals surface area contributed by atoms with Crippen molar-refractivity contribution in [2.24, 2.45) is 0 Å². The van der Waals surface area contributed by atoms with Crippen molar-refractivity contribution < 1.29 is 9.47 Å². The normalized spacial score (nSPS) is 12.7. The van der Waals surface area contributed by atoms with Gasteiger partial charge in [0.05, 0.1) is 5.41 Å². The minimum Gasteiger partial charge on any atom is -0.457 e. The molecule has 0 saturated heterocycles. The lowest BCUT2D eigenvalue weighted by atomic mass is 9.67. The first-order chi connectivity index (χ1) is 20.9. The number of nitrogen functional groups attached to an aromatic ring is 4. The molecule has 0 unspecified atom stereocenters. The molecule has 0 fully saturated rings. The van der Waals surface area contributed by atoms with E-state index < -0.39 is 5.41 Å². The van der Waals surface area contributed by atoms with Gasteiger partial charge in [0.15, 0.2) is 0 Å². The van der Waals surface area contributed by atoms with E-state index in [0.29, 0.717) is 45.7 Å². The highest BCUT2D eigenvalue weighted by Gasteiger charge is 2.46. The summed E-state index contributed by atoms with van der Waals surface area (Å²) in [6.45, 7) is 0. The third-order valence-electron chi connectivity index (χ3n) is 7.95.